The van der Waals surface area contributed by atoms with Crippen molar-refractivity contribution < 1.29 is 9.59 Å². The van der Waals surface area contributed by atoms with Gasteiger partial charge in [0.1, 0.15) is 0 Å². The number of benzene rings is 2. The van der Waals surface area contributed by atoms with E-state index in [-0.39, 0.29) is 18.4 Å². The number of aromatic nitrogens is 2. The van der Waals surface area contributed by atoms with Crippen molar-refractivity contribution in [2.24, 2.45) is 0 Å². The quantitative estimate of drug-likeness (QED) is 0.653. The number of anilines is 1. The molecule has 0 aliphatic rings. The molecule has 0 aliphatic carbocycles. The first-order chi connectivity index (χ1) is 14.7. The van der Waals surface area contributed by atoms with Crippen molar-refractivity contribution in [2.75, 3.05) is 18.9 Å². The third-order valence-corrected chi connectivity index (χ3v) is 5.44. The Bertz CT molecular complexity index is 1090. The molecule has 0 aliphatic heterocycles. The number of rotatable bonds is 6. The Hall–Kier alpha value is -3.41. The van der Waals surface area contributed by atoms with E-state index in [1.807, 2.05) is 81.8 Å². The molecule has 0 atom stereocenters. The van der Waals surface area contributed by atoms with Crippen LogP contribution in [-0.2, 0) is 11.3 Å². The number of hydrogen-bond donors (Lipinski definition) is 1. The zero-order valence-electron chi connectivity index (χ0n) is 19.1. The molecule has 0 saturated heterocycles. The summed E-state index contributed by atoms with van der Waals surface area (Å²) < 4.78 is 1.84. The molecule has 1 heterocycles. The lowest BCUT2D eigenvalue weighted by Gasteiger charge is -2.19. The van der Waals surface area contributed by atoms with E-state index in [4.69, 9.17) is 0 Å². The maximum atomic E-state index is 13.1. The maximum Gasteiger partial charge on any atom is 0.257 e. The number of nitrogens with zero attached hydrogens (tertiary/aromatic N) is 3. The smallest absolute Gasteiger partial charge is 0.257 e. The van der Waals surface area contributed by atoms with Gasteiger partial charge in [0.05, 0.1) is 24.3 Å². The lowest BCUT2D eigenvalue weighted by molar-refractivity contribution is -0.116. The summed E-state index contributed by atoms with van der Waals surface area (Å²) in [6.45, 7) is 10.3. The topological polar surface area (TPSA) is 67.2 Å². The summed E-state index contributed by atoms with van der Waals surface area (Å²) >= 11 is 0. The molecule has 0 fully saturated rings. The molecule has 0 bridgehead atoms. The van der Waals surface area contributed by atoms with E-state index < -0.39 is 0 Å². The molecular formula is C25H30N4O2. The molecule has 31 heavy (non-hydrogen) atoms. The highest BCUT2D eigenvalue weighted by Crippen LogP contribution is 2.22. The van der Waals surface area contributed by atoms with E-state index in [0.717, 1.165) is 33.6 Å². The molecule has 0 spiro atoms. The molecule has 0 unspecified atom stereocenters. The van der Waals surface area contributed by atoms with Gasteiger partial charge in [0.2, 0.25) is 5.91 Å². The largest absolute Gasteiger partial charge is 0.332 e. The van der Waals surface area contributed by atoms with Crippen LogP contribution in [0.1, 0.15) is 44.0 Å². The van der Waals surface area contributed by atoms with Crippen LogP contribution in [0.5, 0.6) is 0 Å². The normalized spacial score (nSPS) is 10.8. The molecule has 3 aromatic rings. The van der Waals surface area contributed by atoms with Gasteiger partial charge in [0, 0.05) is 18.4 Å². The van der Waals surface area contributed by atoms with Crippen molar-refractivity contribution in [1.29, 1.82) is 0 Å². The van der Waals surface area contributed by atoms with Gasteiger partial charge < -0.3 is 10.2 Å². The van der Waals surface area contributed by atoms with E-state index in [1.165, 1.54) is 4.90 Å². The lowest BCUT2D eigenvalue weighted by atomic mass is 10.1. The number of carbonyl (C=O) groups excluding carboxylic acids is 2. The highest BCUT2D eigenvalue weighted by Gasteiger charge is 2.23. The zero-order valence-corrected chi connectivity index (χ0v) is 19.1. The van der Waals surface area contributed by atoms with E-state index in [2.05, 4.69) is 10.4 Å². The second-order valence-corrected chi connectivity index (χ2v) is 8.17. The average molecular weight is 419 g/mol. The van der Waals surface area contributed by atoms with Gasteiger partial charge in [-0.1, -0.05) is 48.0 Å². The molecule has 1 aromatic heterocycles. The molecule has 2 aromatic carbocycles. The van der Waals surface area contributed by atoms with Crippen LogP contribution in [0.25, 0.3) is 0 Å². The van der Waals surface area contributed by atoms with Crippen molar-refractivity contribution in [3.05, 3.63) is 81.7 Å². The summed E-state index contributed by atoms with van der Waals surface area (Å²) in [5, 5.41) is 7.51. The Morgan fingerprint density at radius 3 is 2.23 bits per heavy atom. The van der Waals surface area contributed by atoms with Gasteiger partial charge in [-0.25, -0.2) is 0 Å². The molecule has 6 nitrogen and oxygen atoms in total. The Labute approximate surface area is 183 Å². The van der Waals surface area contributed by atoms with Gasteiger partial charge in [-0.2, -0.15) is 5.10 Å². The van der Waals surface area contributed by atoms with Crippen LogP contribution in [-0.4, -0.2) is 40.1 Å². The fourth-order valence-electron chi connectivity index (χ4n) is 3.95. The minimum absolute atomic E-state index is 0.0334. The van der Waals surface area contributed by atoms with Gasteiger partial charge in [0.25, 0.3) is 5.91 Å². The monoisotopic (exact) mass is 418 g/mol. The van der Waals surface area contributed by atoms with Gasteiger partial charge in [-0.05, 0) is 51.3 Å². The minimum Gasteiger partial charge on any atom is -0.332 e. The van der Waals surface area contributed by atoms with E-state index >= 15 is 0 Å². The van der Waals surface area contributed by atoms with Crippen LogP contribution in [0.15, 0.2) is 42.5 Å². The number of nitrogens with one attached hydrogen (secondary N) is 1. The second-order valence-electron chi connectivity index (χ2n) is 8.17. The van der Waals surface area contributed by atoms with Crippen molar-refractivity contribution in [1.82, 2.24) is 14.7 Å². The first-order valence-corrected chi connectivity index (χ1v) is 10.4. The number of amides is 2. The van der Waals surface area contributed by atoms with Crippen molar-refractivity contribution in [2.45, 2.75) is 41.2 Å². The Morgan fingerprint density at radius 1 is 1.00 bits per heavy atom. The standard InChI is InChI=1S/C25H30N4O2/c1-16-12-17(2)24(18(3)13-16)26-22(30)15-28(6)25(31)23-19(4)27-29(20(23)5)14-21-10-8-7-9-11-21/h7-13H,14-15H2,1-6H3,(H,26,30). The summed E-state index contributed by atoms with van der Waals surface area (Å²) in [6.07, 6.45) is 0. The third kappa shape index (κ3) is 5.02. The lowest BCUT2D eigenvalue weighted by Crippen LogP contribution is -2.35. The van der Waals surface area contributed by atoms with Crippen molar-refractivity contribution in [3.63, 3.8) is 0 Å². The van der Waals surface area contributed by atoms with Crippen LogP contribution in [0.4, 0.5) is 5.69 Å². The summed E-state index contributed by atoms with van der Waals surface area (Å²) in [7, 11) is 1.64. The molecule has 0 radical (unpaired) electrons. The van der Waals surface area contributed by atoms with Gasteiger partial charge in [0.15, 0.2) is 0 Å². The van der Waals surface area contributed by atoms with Gasteiger partial charge in [-0.15, -0.1) is 0 Å². The fourth-order valence-corrected chi connectivity index (χ4v) is 3.95. The molecule has 162 valence electrons. The van der Waals surface area contributed by atoms with Crippen LogP contribution >= 0.6 is 0 Å². The molecular weight excluding hydrogens is 388 g/mol. The van der Waals surface area contributed by atoms with Crippen LogP contribution in [0.2, 0.25) is 0 Å². The van der Waals surface area contributed by atoms with E-state index in [1.54, 1.807) is 7.05 Å². The summed E-state index contributed by atoms with van der Waals surface area (Å²) in [5.74, 6) is -0.431. The van der Waals surface area contributed by atoms with Gasteiger partial charge in [-0.3, -0.25) is 14.3 Å². The van der Waals surface area contributed by atoms with Crippen LogP contribution < -0.4 is 5.32 Å². The number of likely N-dealkylation sites (N-methyl/N-ethyl adjacent to an activating group) is 1. The number of carbonyl (C=O) groups is 2. The SMILES string of the molecule is Cc1cc(C)c(NC(=O)CN(C)C(=O)c2c(C)nn(Cc3ccccc3)c2C)c(C)c1. The first kappa shape index (κ1) is 22.3. The van der Waals surface area contributed by atoms with Crippen molar-refractivity contribution in [3.8, 4) is 0 Å². The summed E-state index contributed by atoms with van der Waals surface area (Å²) in [5.41, 5.74) is 7.10. The minimum atomic E-state index is -0.224. The predicted octanol–water partition coefficient (Wildman–Crippen LogP) is 4.18. The van der Waals surface area contributed by atoms with Crippen LogP contribution in [0, 0.1) is 34.6 Å². The predicted molar refractivity (Wildman–Crippen MR) is 123 cm³/mol. The molecule has 1 N–H and O–H groups in total. The Balaban J connectivity index is 1.72. The molecule has 3 rings (SSSR count). The summed E-state index contributed by atoms with van der Waals surface area (Å²) in [4.78, 5) is 27.2. The molecule has 2 amide bonds. The highest BCUT2D eigenvalue weighted by molar-refractivity contribution is 6.00. The number of aryl methyl sites for hydroxylation is 4. The zero-order chi connectivity index (χ0) is 22.7. The molecule has 6 heteroatoms. The average Bonchev–Trinajstić information content (AvgIpc) is 2.98. The van der Waals surface area contributed by atoms with Crippen LogP contribution in [0.3, 0.4) is 0 Å². The second kappa shape index (κ2) is 9.16. The Kier molecular flexibility index (Phi) is 6.59. The maximum absolute atomic E-state index is 13.1. The fraction of sp³-hybridized carbons (Fsp3) is 0.320. The van der Waals surface area contributed by atoms with Crippen molar-refractivity contribution >= 4 is 17.5 Å². The first-order valence-electron chi connectivity index (χ1n) is 10.4. The Morgan fingerprint density at radius 2 is 1.61 bits per heavy atom. The van der Waals surface area contributed by atoms with E-state index in [9.17, 15) is 9.59 Å². The third-order valence-electron chi connectivity index (χ3n) is 5.44. The highest BCUT2D eigenvalue weighted by atomic mass is 16.2. The molecule has 0 saturated carbocycles. The van der Waals surface area contributed by atoms with E-state index in [0.29, 0.717) is 17.8 Å². The van der Waals surface area contributed by atoms with Gasteiger partial charge >= 0.3 is 0 Å². The number of hydrogen-bond acceptors (Lipinski definition) is 3. The summed E-state index contributed by atoms with van der Waals surface area (Å²) in [6, 6.07) is 14.1.